The number of aliphatic hydroxyl groups is 2. The van der Waals surface area contributed by atoms with Gasteiger partial charge in [-0.3, -0.25) is 20.4 Å². The summed E-state index contributed by atoms with van der Waals surface area (Å²) in [6, 6.07) is 13.3. The average molecular weight is 320 g/mol. The van der Waals surface area contributed by atoms with Gasteiger partial charge < -0.3 is 10.2 Å². The highest BCUT2D eigenvalue weighted by Crippen LogP contribution is 2.31. The molecule has 6 nitrogen and oxygen atoms in total. The van der Waals surface area contributed by atoms with Crippen molar-refractivity contribution in [2.24, 2.45) is 0 Å². The number of benzene rings is 2. The van der Waals surface area contributed by atoms with Gasteiger partial charge in [-0.1, -0.05) is 48.5 Å². The minimum atomic E-state index is -0.390. The van der Waals surface area contributed by atoms with Crippen LogP contribution in [0.25, 0.3) is 11.5 Å². The second kappa shape index (κ2) is 4.99. The fourth-order valence-electron chi connectivity index (χ4n) is 2.89. The van der Waals surface area contributed by atoms with Crippen LogP contribution in [0.1, 0.15) is 31.8 Å². The first kappa shape index (κ1) is 14.1. The molecule has 6 heteroatoms. The fourth-order valence-corrected chi connectivity index (χ4v) is 2.89. The van der Waals surface area contributed by atoms with Crippen molar-refractivity contribution in [1.29, 1.82) is 0 Å². The van der Waals surface area contributed by atoms with E-state index in [1.807, 2.05) is 0 Å². The van der Waals surface area contributed by atoms with E-state index in [0.29, 0.717) is 22.3 Å². The van der Waals surface area contributed by atoms with Gasteiger partial charge >= 0.3 is 0 Å². The van der Waals surface area contributed by atoms with Gasteiger partial charge in [0, 0.05) is 22.3 Å². The maximum Gasteiger partial charge on any atom is 0.215 e. The second-order valence-electron chi connectivity index (χ2n) is 5.45. The predicted molar refractivity (Wildman–Crippen MR) is 86.9 cm³/mol. The Morgan fingerprint density at radius 1 is 0.583 bits per heavy atom. The SMILES string of the molecule is O=C1C(NNC2=C(O)c3ccccc3C2=O)=C(O)c2ccccc21. The van der Waals surface area contributed by atoms with Gasteiger partial charge in [-0.25, -0.2) is 0 Å². The van der Waals surface area contributed by atoms with E-state index < -0.39 is 11.6 Å². The topological polar surface area (TPSA) is 98.7 Å². The van der Waals surface area contributed by atoms with E-state index >= 15 is 0 Å². The normalized spacial score (nSPS) is 15.7. The van der Waals surface area contributed by atoms with Crippen LogP contribution in [0.15, 0.2) is 59.9 Å². The zero-order chi connectivity index (χ0) is 16.8. The number of allylic oxidation sites excluding steroid dienone is 2. The maximum absolute atomic E-state index is 12.3. The molecule has 0 saturated carbocycles. The van der Waals surface area contributed by atoms with Crippen LogP contribution in [0, 0.1) is 0 Å². The number of nitrogens with one attached hydrogen (secondary N) is 2. The third-order valence-corrected chi connectivity index (χ3v) is 4.09. The predicted octanol–water partition coefficient (Wildman–Crippen LogP) is 2.33. The van der Waals surface area contributed by atoms with Crippen molar-refractivity contribution in [3.8, 4) is 0 Å². The highest BCUT2D eigenvalue weighted by atomic mass is 16.3. The molecule has 4 rings (SSSR count). The molecule has 0 fully saturated rings. The molecule has 118 valence electrons. The molecule has 0 aliphatic heterocycles. The molecule has 0 aromatic heterocycles. The molecular formula is C18H12N2O4. The first-order valence-electron chi connectivity index (χ1n) is 7.26. The highest BCUT2D eigenvalue weighted by molar-refractivity contribution is 6.20. The number of carbonyl (C=O) groups is 2. The van der Waals surface area contributed by atoms with Crippen LogP contribution in [0.5, 0.6) is 0 Å². The molecule has 0 radical (unpaired) electrons. The lowest BCUT2D eigenvalue weighted by molar-refractivity contribution is 0.100. The minimum Gasteiger partial charge on any atom is -0.505 e. The number of carbonyl (C=O) groups excluding carboxylic acids is 2. The molecule has 2 aliphatic rings. The van der Waals surface area contributed by atoms with Crippen LogP contribution >= 0.6 is 0 Å². The van der Waals surface area contributed by atoms with Gasteiger partial charge in [0.15, 0.2) is 11.5 Å². The summed E-state index contributed by atoms with van der Waals surface area (Å²) in [7, 11) is 0. The Bertz CT molecular complexity index is 893. The Labute approximate surface area is 136 Å². The number of ketones is 2. The zero-order valence-electron chi connectivity index (χ0n) is 12.3. The summed E-state index contributed by atoms with van der Waals surface area (Å²) in [4.78, 5) is 24.6. The van der Waals surface area contributed by atoms with E-state index in [0.717, 1.165) is 0 Å². The van der Waals surface area contributed by atoms with Crippen molar-refractivity contribution in [2.45, 2.75) is 0 Å². The molecule has 0 amide bonds. The highest BCUT2D eigenvalue weighted by Gasteiger charge is 2.32. The molecule has 2 aromatic carbocycles. The third kappa shape index (κ3) is 1.83. The molecule has 2 aliphatic carbocycles. The monoisotopic (exact) mass is 320 g/mol. The van der Waals surface area contributed by atoms with E-state index in [9.17, 15) is 19.8 Å². The molecule has 0 unspecified atom stereocenters. The number of hydrazine groups is 1. The van der Waals surface area contributed by atoms with Crippen molar-refractivity contribution < 1.29 is 19.8 Å². The largest absolute Gasteiger partial charge is 0.505 e. The molecule has 0 atom stereocenters. The molecule has 0 saturated heterocycles. The summed E-state index contributed by atoms with van der Waals surface area (Å²) in [5.74, 6) is -1.19. The summed E-state index contributed by atoms with van der Waals surface area (Å²) >= 11 is 0. The molecular weight excluding hydrogens is 308 g/mol. The summed E-state index contributed by atoms with van der Waals surface area (Å²) in [5, 5.41) is 20.4. The summed E-state index contributed by atoms with van der Waals surface area (Å²) in [5.41, 5.74) is 6.57. The van der Waals surface area contributed by atoms with Crippen LogP contribution in [0.2, 0.25) is 0 Å². The molecule has 2 aromatic rings. The second-order valence-corrected chi connectivity index (χ2v) is 5.45. The van der Waals surface area contributed by atoms with E-state index in [2.05, 4.69) is 10.9 Å². The van der Waals surface area contributed by atoms with Crippen LogP contribution in [-0.2, 0) is 0 Å². The van der Waals surface area contributed by atoms with Crippen LogP contribution in [0.3, 0.4) is 0 Å². The Kier molecular flexibility index (Phi) is 2.93. The fraction of sp³-hybridized carbons (Fsp3) is 0. The Morgan fingerprint density at radius 2 is 0.917 bits per heavy atom. The van der Waals surface area contributed by atoms with Gasteiger partial charge in [-0.2, -0.15) is 0 Å². The Morgan fingerprint density at radius 3 is 1.25 bits per heavy atom. The summed E-state index contributed by atoms with van der Waals surface area (Å²) < 4.78 is 0. The number of fused-ring (bicyclic) bond motifs is 2. The molecule has 0 spiro atoms. The van der Waals surface area contributed by atoms with E-state index in [1.54, 1.807) is 48.5 Å². The lowest BCUT2D eigenvalue weighted by Crippen LogP contribution is -2.35. The van der Waals surface area contributed by atoms with Crippen molar-refractivity contribution >= 4 is 23.1 Å². The standard InChI is InChI=1S/C18H12N2O4/c21-15-9-5-1-2-6-10(9)16(22)13(15)19-20-14-17(23)11-7-3-4-8-12(11)18(14)24/h1-8H,(H2,19,21,22)(H2,20,23,24). The molecule has 0 bridgehead atoms. The first-order valence-corrected chi connectivity index (χ1v) is 7.26. The number of hydrogen-bond acceptors (Lipinski definition) is 6. The van der Waals surface area contributed by atoms with Gasteiger partial charge in [0.1, 0.15) is 11.4 Å². The minimum absolute atomic E-state index is 0.0692. The van der Waals surface area contributed by atoms with Gasteiger partial charge in [0.2, 0.25) is 11.6 Å². The number of Topliss-reactive ketones (excluding diaryl/α,β-unsaturated/α-hetero) is 2. The number of rotatable bonds is 3. The number of aliphatic hydroxyl groups excluding tert-OH is 2. The number of hydrogen-bond donors (Lipinski definition) is 4. The van der Waals surface area contributed by atoms with Crippen LogP contribution in [-0.4, -0.2) is 21.8 Å². The van der Waals surface area contributed by atoms with E-state index in [4.69, 9.17) is 0 Å². The maximum atomic E-state index is 12.3. The van der Waals surface area contributed by atoms with Gasteiger partial charge in [-0.15, -0.1) is 0 Å². The van der Waals surface area contributed by atoms with Crippen LogP contribution < -0.4 is 10.9 Å². The van der Waals surface area contributed by atoms with E-state index in [1.165, 1.54) is 0 Å². The van der Waals surface area contributed by atoms with Crippen molar-refractivity contribution in [3.63, 3.8) is 0 Å². The van der Waals surface area contributed by atoms with E-state index in [-0.39, 0.29) is 22.9 Å². The Balaban J connectivity index is 1.62. The summed E-state index contributed by atoms with van der Waals surface area (Å²) in [6.45, 7) is 0. The first-order chi connectivity index (χ1) is 11.6. The quantitative estimate of drug-likeness (QED) is 0.648. The molecule has 24 heavy (non-hydrogen) atoms. The van der Waals surface area contributed by atoms with Crippen molar-refractivity contribution in [3.05, 3.63) is 82.2 Å². The lowest BCUT2D eigenvalue weighted by atomic mass is 10.1. The van der Waals surface area contributed by atoms with Gasteiger partial charge in [0.05, 0.1) is 0 Å². The van der Waals surface area contributed by atoms with Gasteiger partial charge in [-0.05, 0) is 0 Å². The van der Waals surface area contributed by atoms with Crippen molar-refractivity contribution in [1.82, 2.24) is 10.9 Å². The Hall–Kier alpha value is -3.54. The zero-order valence-corrected chi connectivity index (χ0v) is 12.3. The van der Waals surface area contributed by atoms with Crippen LogP contribution in [0.4, 0.5) is 0 Å². The van der Waals surface area contributed by atoms with Crippen molar-refractivity contribution in [2.75, 3.05) is 0 Å². The smallest absolute Gasteiger partial charge is 0.215 e. The summed E-state index contributed by atoms with van der Waals surface area (Å²) in [6.07, 6.45) is 0. The van der Waals surface area contributed by atoms with Gasteiger partial charge in [0.25, 0.3) is 0 Å². The lowest BCUT2D eigenvalue weighted by Gasteiger charge is -2.10. The third-order valence-electron chi connectivity index (χ3n) is 4.09. The average Bonchev–Trinajstić information content (AvgIpc) is 3.00. The molecule has 0 heterocycles. The molecule has 4 N–H and O–H groups in total.